The van der Waals surface area contributed by atoms with E-state index >= 15 is 0 Å². The molecule has 1 amide bonds. The molecule has 1 fully saturated rings. The fraction of sp³-hybridized carbons (Fsp3) is 0.333. The number of aromatic nitrogens is 1. The highest BCUT2D eigenvalue weighted by molar-refractivity contribution is 7.89. The molecule has 2 atom stereocenters. The molecular formula is C24H27N3O5S2. The summed E-state index contributed by atoms with van der Waals surface area (Å²) < 4.78 is 38.5. The molecule has 1 aromatic heterocycles. The first-order valence-corrected chi connectivity index (χ1v) is 13.3. The summed E-state index contributed by atoms with van der Waals surface area (Å²) in [4.78, 5) is 17.3. The monoisotopic (exact) mass is 501 g/mol. The maximum atomic E-state index is 13.0. The van der Waals surface area contributed by atoms with E-state index in [-0.39, 0.29) is 23.0 Å². The molecule has 180 valence electrons. The van der Waals surface area contributed by atoms with Gasteiger partial charge in [-0.2, -0.15) is 4.31 Å². The number of rotatable bonds is 7. The molecular weight excluding hydrogens is 474 g/mol. The lowest BCUT2D eigenvalue weighted by molar-refractivity contribution is -0.0440. The summed E-state index contributed by atoms with van der Waals surface area (Å²) in [5.74, 6) is 0.434. The van der Waals surface area contributed by atoms with Gasteiger partial charge in [-0.25, -0.2) is 13.4 Å². The number of thiazole rings is 1. The Morgan fingerprint density at radius 1 is 1.12 bits per heavy atom. The third kappa shape index (κ3) is 5.47. The first kappa shape index (κ1) is 24.3. The minimum Gasteiger partial charge on any atom is -0.494 e. The van der Waals surface area contributed by atoms with Crippen LogP contribution in [0, 0.1) is 0 Å². The van der Waals surface area contributed by atoms with Crippen LogP contribution in [0.2, 0.25) is 0 Å². The van der Waals surface area contributed by atoms with Crippen molar-refractivity contribution in [1.29, 1.82) is 0 Å². The molecule has 8 nitrogen and oxygen atoms in total. The van der Waals surface area contributed by atoms with E-state index in [4.69, 9.17) is 9.47 Å². The van der Waals surface area contributed by atoms with Crippen LogP contribution in [0.25, 0.3) is 11.3 Å². The van der Waals surface area contributed by atoms with E-state index in [1.165, 1.54) is 39.9 Å². The van der Waals surface area contributed by atoms with Crippen molar-refractivity contribution in [3.05, 3.63) is 59.5 Å². The Balaban J connectivity index is 1.42. The van der Waals surface area contributed by atoms with Crippen LogP contribution in [0.3, 0.4) is 0 Å². The molecule has 3 aromatic rings. The van der Waals surface area contributed by atoms with Crippen molar-refractivity contribution in [2.45, 2.75) is 37.9 Å². The van der Waals surface area contributed by atoms with Gasteiger partial charge in [0.15, 0.2) is 5.13 Å². The second-order valence-corrected chi connectivity index (χ2v) is 10.8. The van der Waals surface area contributed by atoms with Crippen LogP contribution in [0.4, 0.5) is 5.13 Å². The number of nitrogens with zero attached hydrogens (tertiary/aromatic N) is 2. The van der Waals surface area contributed by atoms with Crippen molar-refractivity contribution < 1.29 is 22.7 Å². The predicted molar refractivity (Wildman–Crippen MR) is 132 cm³/mol. The van der Waals surface area contributed by atoms with Gasteiger partial charge in [0.25, 0.3) is 5.91 Å². The van der Waals surface area contributed by atoms with Crippen molar-refractivity contribution in [3.8, 4) is 17.0 Å². The Labute approximate surface area is 203 Å². The number of hydrogen-bond donors (Lipinski definition) is 1. The number of anilines is 1. The minimum absolute atomic E-state index is 0.150. The first-order valence-electron chi connectivity index (χ1n) is 11.0. The van der Waals surface area contributed by atoms with E-state index in [2.05, 4.69) is 10.3 Å². The number of carbonyl (C=O) groups is 1. The van der Waals surface area contributed by atoms with Crippen LogP contribution in [0.15, 0.2) is 58.8 Å². The highest BCUT2D eigenvalue weighted by Gasteiger charge is 2.32. The zero-order valence-corrected chi connectivity index (χ0v) is 20.9. The van der Waals surface area contributed by atoms with E-state index in [0.29, 0.717) is 30.4 Å². The Morgan fingerprint density at radius 2 is 1.76 bits per heavy atom. The highest BCUT2D eigenvalue weighted by Crippen LogP contribution is 2.27. The molecule has 1 aliphatic heterocycles. The highest BCUT2D eigenvalue weighted by atomic mass is 32.2. The number of amides is 1. The Morgan fingerprint density at radius 3 is 2.38 bits per heavy atom. The summed E-state index contributed by atoms with van der Waals surface area (Å²) in [5.41, 5.74) is 2.01. The van der Waals surface area contributed by atoms with E-state index in [0.717, 1.165) is 17.0 Å². The van der Waals surface area contributed by atoms with Crippen molar-refractivity contribution in [1.82, 2.24) is 9.29 Å². The normalized spacial score (nSPS) is 19.0. The van der Waals surface area contributed by atoms with E-state index < -0.39 is 10.0 Å². The second-order valence-electron chi connectivity index (χ2n) is 8.05. The maximum absolute atomic E-state index is 13.0. The number of benzene rings is 2. The summed E-state index contributed by atoms with van der Waals surface area (Å²) in [6, 6.07) is 13.5. The third-order valence-corrected chi connectivity index (χ3v) is 7.93. The SMILES string of the molecule is CCOc1ccc(-c2csc(NC(=O)c3ccc(S(=O)(=O)N4C[C@@H](C)O[C@H](C)C4)cc3)n2)cc1. The molecule has 0 radical (unpaired) electrons. The fourth-order valence-corrected chi connectivity index (χ4v) is 6.08. The van der Waals surface area contributed by atoms with Gasteiger partial charge in [0.2, 0.25) is 10.0 Å². The van der Waals surface area contributed by atoms with Crippen molar-refractivity contribution >= 4 is 32.4 Å². The molecule has 0 bridgehead atoms. The van der Waals surface area contributed by atoms with Crippen LogP contribution in [0.5, 0.6) is 5.75 Å². The first-order chi connectivity index (χ1) is 16.3. The molecule has 2 aromatic carbocycles. The number of morpholine rings is 1. The summed E-state index contributed by atoms with van der Waals surface area (Å²) in [7, 11) is -3.66. The van der Waals surface area contributed by atoms with E-state index in [9.17, 15) is 13.2 Å². The molecule has 0 aliphatic carbocycles. The summed E-state index contributed by atoms with van der Waals surface area (Å²) in [6.07, 6.45) is -0.344. The van der Waals surface area contributed by atoms with Crippen molar-refractivity contribution in [2.24, 2.45) is 0 Å². The summed E-state index contributed by atoms with van der Waals surface area (Å²) in [6.45, 7) is 6.84. The van der Waals surface area contributed by atoms with Gasteiger partial charge in [-0.3, -0.25) is 10.1 Å². The van der Waals surface area contributed by atoms with Gasteiger partial charge in [-0.1, -0.05) is 0 Å². The Kier molecular flexibility index (Phi) is 7.32. The van der Waals surface area contributed by atoms with Gasteiger partial charge in [0.1, 0.15) is 5.75 Å². The lowest BCUT2D eigenvalue weighted by Gasteiger charge is -2.34. The second kappa shape index (κ2) is 10.2. The Hall–Kier alpha value is -2.79. The molecule has 0 unspecified atom stereocenters. The maximum Gasteiger partial charge on any atom is 0.257 e. The lowest BCUT2D eigenvalue weighted by Crippen LogP contribution is -2.48. The van der Waals surface area contributed by atoms with Crippen LogP contribution in [-0.2, 0) is 14.8 Å². The molecule has 4 rings (SSSR count). The van der Waals surface area contributed by atoms with E-state index in [1.807, 2.05) is 50.4 Å². The number of hydrogen-bond acceptors (Lipinski definition) is 7. The number of ether oxygens (including phenoxy) is 2. The molecule has 10 heteroatoms. The summed E-state index contributed by atoms with van der Waals surface area (Å²) >= 11 is 1.32. The minimum atomic E-state index is -3.66. The molecule has 1 aliphatic rings. The van der Waals surface area contributed by atoms with Crippen molar-refractivity contribution in [2.75, 3.05) is 25.0 Å². The molecule has 1 saturated heterocycles. The standard InChI is InChI=1S/C24H27N3O5S2/c1-4-31-20-9-5-18(6-10-20)22-15-33-24(25-22)26-23(28)19-7-11-21(12-8-19)34(29,30)27-13-16(2)32-17(3)14-27/h5-12,15-17H,4,13-14H2,1-3H3,(H,25,26,28)/t16-,17-/m1/s1. The fourth-order valence-electron chi connectivity index (χ4n) is 3.78. The zero-order chi connectivity index (χ0) is 24.3. The van der Waals surface area contributed by atoms with Gasteiger partial charge in [-0.15, -0.1) is 11.3 Å². The van der Waals surface area contributed by atoms with Gasteiger partial charge < -0.3 is 9.47 Å². The molecule has 2 heterocycles. The average Bonchev–Trinajstić information content (AvgIpc) is 3.27. The smallest absolute Gasteiger partial charge is 0.257 e. The third-order valence-electron chi connectivity index (χ3n) is 5.33. The number of sulfonamides is 1. The molecule has 0 spiro atoms. The quantitative estimate of drug-likeness (QED) is 0.520. The van der Waals surface area contributed by atoms with Crippen LogP contribution in [-0.4, -0.2) is 55.5 Å². The van der Waals surface area contributed by atoms with E-state index in [1.54, 1.807) is 0 Å². The summed E-state index contributed by atoms with van der Waals surface area (Å²) in [5, 5.41) is 5.11. The lowest BCUT2D eigenvalue weighted by atomic mass is 10.2. The van der Waals surface area contributed by atoms with Gasteiger partial charge in [-0.05, 0) is 69.3 Å². The number of nitrogens with one attached hydrogen (secondary N) is 1. The van der Waals surface area contributed by atoms with Crippen molar-refractivity contribution in [3.63, 3.8) is 0 Å². The Bertz CT molecular complexity index is 1230. The van der Waals surface area contributed by atoms with Crippen LogP contribution in [0.1, 0.15) is 31.1 Å². The van der Waals surface area contributed by atoms with Gasteiger partial charge in [0, 0.05) is 29.6 Å². The largest absolute Gasteiger partial charge is 0.494 e. The van der Waals surface area contributed by atoms with Crippen LogP contribution >= 0.6 is 11.3 Å². The average molecular weight is 502 g/mol. The topological polar surface area (TPSA) is 97.8 Å². The number of carbonyl (C=O) groups excluding carboxylic acids is 1. The van der Waals surface area contributed by atoms with Gasteiger partial charge in [0.05, 0.1) is 29.4 Å². The zero-order valence-electron chi connectivity index (χ0n) is 19.2. The molecule has 34 heavy (non-hydrogen) atoms. The molecule has 1 N–H and O–H groups in total. The molecule has 0 saturated carbocycles. The predicted octanol–water partition coefficient (Wildman–Crippen LogP) is 4.26. The van der Waals surface area contributed by atoms with Gasteiger partial charge >= 0.3 is 0 Å². The van der Waals surface area contributed by atoms with Crippen LogP contribution < -0.4 is 10.1 Å².